The molecular formula is C18H23Cl2N3O. The predicted octanol–water partition coefficient (Wildman–Crippen LogP) is 3.53. The summed E-state index contributed by atoms with van der Waals surface area (Å²) in [5.74, 6) is 0.893. The minimum absolute atomic E-state index is 0. The fraction of sp³-hybridized carbons (Fsp3) is 0.389. The highest BCUT2D eigenvalue weighted by molar-refractivity contribution is 6.30. The van der Waals surface area contributed by atoms with E-state index in [1.54, 1.807) is 6.20 Å². The molecule has 0 aliphatic carbocycles. The SMILES string of the molecule is C[C@@H]1CN(Cc2cc(Cl)ccc2OCc2cccnc2)CCN1.Cl. The molecule has 1 atom stereocenters. The number of nitrogens with zero attached hydrogens (tertiary/aromatic N) is 2. The smallest absolute Gasteiger partial charge is 0.124 e. The molecule has 0 radical (unpaired) electrons. The van der Waals surface area contributed by atoms with Gasteiger partial charge in [0.05, 0.1) is 0 Å². The van der Waals surface area contributed by atoms with Crippen molar-refractivity contribution in [3.05, 3.63) is 58.9 Å². The molecule has 1 aliphatic rings. The van der Waals surface area contributed by atoms with Crippen molar-refractivity contribution in [2.24, 2.45) is 0 Å². The van der Waals surface area contributed by atoms with Crippen LogP contribution in [0.5, 0.6) is 5.75 Å². The standard InChI is InChI=1S/C18H22ClN3O.ClH/c1-14-11-22(8-7-21-14)12-16-9-17(19)4-5-18(16)23-13-15-3-2-6-20-10-15;/h2-6,9-10,14,21H,7-8,11-13H2,1H3;1H/t14-;/m1./s1. The topological polar surface area (TPSA) is 37.4 Å². The molecule has 2 aromatic rings. The largest absolute Gasteiger partial charge is 0.489 e. The van der Waals surface area contributed by atoms with Crippen LogP contribution in [-0.2, 0) is 13.2 Å². The highest BCUT2D eigenvalue weighted by Gasteiger charge is 2.17. The summed E-state index contributed by atoms with van der Waals surface area (Å²) in [4.78, 5) is 6.55. The Morgan fingerprint density at radius 3 is 3.00 bits per heavy atom. The van der Waals surface area contributed by atoms with Crippen LogP contribution in [0.4, 0.5) is 0 Å². The maximum atomic E-state index is 6.18. The van der Waals surface area contributed by atoms with Crippen LogP contribution in [0.25, 0.3) is 0 Å². The first-order valence-electron chi connectivity index (χ1n) is 7.96. The normalized spacial score (nSPS) is 18.0. The highest BCUT2D eigenvalue weighted by atomic mass is 35.5. The Morgan fingerprint density at radius 2 is 2.25 bits per heavy atom. The minimum atomic E-state index is 0. The molecule has 0 bridgehead atoms. The lowest BCUT2D eigenvalue weighted by Crippen LogP contribution is -2.48. The molecular weight excluding hydrogens is 345 g/mol. The Morgan fingerprint density at radius 1 is 1.38 bits per heavy atom. The quantitative estimate of drug-likeness (QED) is 0.876. The van der Waals surface area contributed by atoms with Crippen LogP contribution in [0.1, 0.15) is 18.1 Å². The first-order valence-corrected chi connectivity index (χ1v) is 8.34. The summed E-state index contributed by atoms with van der Waals surface area (Å²) in [6, 6.07) is 10.3. The lowest BCUT2D eigenvalue weighted by atomic mass is 10.1. The number of hydrogen-bond donors (Lipinski definition) is 1. The molecule has 0 saturated carbocycles. The van der Waals surface area contributed by atoms with Crippen molar-refractivity contribution >= 4 is 24.0 Å². The third kappa shape index (κ3) is 5.35. The van der Waals surface area contributed by atoms with Gasteiger partial charge in [-0.25, -0.2) is 0 Å². The number of aromatic nitrogens is 1. The van der Waals surface area contributed by atoms with Crippen LogP contribution in [0.15, 0.2) is 42.7 Å². The van der Waals surface area contributed by atoms with Crippen molar-refractivity contribution in [1.29, 1.82) is 0 Å². The van der Waals surface area contributed by atoms with Gasteiger partial charge in [-0.1, -0.05) is 17.7 Å². The van der Waals surface area contributed by atoms with E-state index >= 15 is 0 Å². The van der Waals surface area contributed by atoms with E-state index in [1.165, 1.54) is 0 Å². The molecule has 24 heavy (non-hydrogen) atoms. The summed E-state index contributed by atoms with van der Waals surface area (Å²) in [5.41, 5.74) is 2.19. The molecule has 0 amide bonds. The number of halogens is 2. The second-order valence-electron chi connectivity index (χ2n) is 5.99. The summed E-state index contributed by atoms with van der Waals surface area (Å²) in [6.07, 6.45) is 3.59. The molecule has 1 aliphatic heterocycles. The molecule has 1 saturated heterocycles. The van der Waals surface area contributed by atoms with Crippen LogP contribution in [-0.4, -0.2) is 35.6 Å². The van der Waals surface area contributed by atoms with E-state index in [9.17, 15) is 0 Å². The van der Waals surface area contributed by atoms with Gasteiger partial charge in [0.1, 0.15) is 12.4 Å². The maximum Gasteiger partial charge on any atom is 0.124 e. The Hall–Kier alpha value is -1.33. The zero-order chi connectivity index (χ0) is 16.1. The maximum absolute atomic E-state index is 6.18. The molecule has 0 unspecified atom stereocenters. The highest BCUT2D eigenvalue weighted by Crippen LogP contribution is 2.25. The third-order valence-electron chi connectivity index (χ3n) is 3.99. The van der Waals surface area contributed by atoms with Gasteiger partial charge < -0.3 is 10.1 Å². The van der Waals surface area contributed by atoms with Crippen LogP contribution in [0.2, 0.25) is 5.02 Å². The van der Waals surface area contributed by atoms with E-state index in [2.05, 4.69) is 22.1 Å². The molecule has 1 N–H and O–H groups in total. The lowest BCUT2D eigenvalue weighted by Gasteiger charge is -2.32. The van der Waals surface area contributed by atoms with Gasteiger partial charge in [-0.3, -0.25) is 9.88 Å². The number of nitrogens with one attached hydrogen (secondary N) is 1. The predicted molar refractivity (Wildman–Crippen MR) is 100 cm³/mol. The van der Waals surface area contributed by atoms with Gasteiger partial charge in [-0.05, 0) is 31.2 Å². The zero-order valence-corrected chi connectivity index (χ0v) is 15.3. The van der Waals surface area contributed by atoms with Crippen LogP contribution < -0.4 is 10.1 Å². The Kier molecular flexibility index (Phi) is 7.31. The first-order chi connectivity index (χ1) is 11.2. The molecule has 3 rings (SSSR count). The summed E-state index contributed by atoms with van der Waals surface area (Å²) >= 11 is 6.18. The average Bonchev–Trinajstić information content (AvgIpc) is 2.55. The van der Waals surface area contributed by atoms with E-state index in [0.717, 1.165) is 48.1 Å². The molecule has 130 valence electrons. The van der Waals surface area contributed by atoms with Crippen molar-refractivity contribution in [3.63, 3.8) is 0 Å². The molecule has 0 spiro atoms. The summed E-state index contributed by atoms with van der Waals surface area (Å²) in [5, 5.41) is 4.21. The van der Waals surface area contributed by atoms with Crippen molar-refractivity contribution in [2.45, 2.75) is 26.1 Å². The molecule has 6 heteroatoms. The number of benzene rings is 1. The summed E-state index contributed by atoms with van der Waals surface area (Å²) in [6.45, 7) is 6.68. The van der Waals surface area contributed by atoms with Crippen LogP contribution >= 0.6 is 24.0 Å². The Balaban J connectivity index is 0.00000208. The third-order valence-corrected chi connectivity index (χ3v) is 4.22. The van der Waals surface area contributed by atoms with Gasteiger partial charge in [0, 0.05) is 60.8 Å². The van der Waals surface area contributed by atoms with Crippen molar-refractivity contribution in [3.8, 4) is 5.75 Å². The lowest BCUT2D eigenvalue weighted by molar-refractivity contribution is 0.195. The van der Waals surface area contributed by atoms with Crippen LogP contribution in [0.3, 0.4) is 0 Å². The number of hydrogen-bond acceptors (Lipinski definition) is 4. The monoisotopic (exact) mass is 367 g/mol. The van der Waals surface area contributed by atoms with Crippen molar-refractivity contribution < 1.29 is 4.74 Å². The van der Waals surface area contributed by atoms with E-state index in [-0.39, 0.29) is 12.4 Å². The number of pyridine rings is 1. The van der Waals surface area contributed by atoms with E-state index in [0.29, 0.717) is 12.6 Å². The van der Waals surface area contributed by atoms with E-state index < -0.39 is 0 Å². The van der Waals surface area contributed by atoms with Gasteiger partial charge in [-0.15, -0.1) is 12.4 Å². The van der Waals surface area contributed by atoms with Crippen molar-refractivity contribution in [1.82, 2.24) is 15.2 Å². The second kappa shape index (κ2) is 9.23. The molecule has 1 aromatic carbocycles. The second-order valence-corrected chi connectivity index (χ2v) is 6.43. The van der Waals surface area contributed by atoms with Gasteiger partial charge in [0.2, 0.25) is 0 Å². The van der Waals surface area contributed by atoms with Crippen LogP contribution in [0, 0.1) is 0 Å². The summed E-state index contributed by atoms with van der Waals surface area (Å²) < 4.78 is 6.01. The zero-order valence-electron chi connectivity index (χ0n) is 13.7. The Labute approximate surface area is 154 Å². The van der Waals surface area contributed by atoms with E-state index in [1.807, 2.05) is 36.5 Å². The fourth-order valence-electron chi connectivity index (χ4n) is 2.85. The molecule has 4 nitrogen and oxygen atoms in total. The summed E-state index contributed by atoms with van der Waals surface area (Å²) in [7, 11) is 0. The van der Waals surface area contributed by atoms with Gasteiger partial charge in [-0.2, -0.15) is 0 Å². The molecule has 2 heterocycles. The fourth-order valence-corrected chi connectivity index (χ4v) is 3.05. The van der Waals surface area contributed by atoms with Gasteiger partial charge in [0.25, 0.3) is 0 Å². The molecule has 1 aromatic heterocycles. The van der Waals surface area contributed by atoms with Crippen molar-refractivity contribution in [2.75, 3.05) is 19.6 Å². The van der Waals surface area contributed by atoms with Gasteiger partial charge >= 0.3 is 0 Å². The minimum Gasteiger partial charge on any atom is -0.489 e. The van der Waals surface area contributed by atoms with Gasteiger partial charge in [0.15, 0.2) is 0 Å². The number of rotatable bonds is 5. The number of ether oxygens (including phenoxy) is 1. The molecule has 1 fully saturated rings. The van der Waals surface area contributed by atoms with E-state index in [4.69, 9.17) is 16.3 Å². The Bertz CT molecular complexity index is 639. The first kappa shape index (κ1) is 19.0. The number of piperazine rings is 1. The average molecular weight is 368 g/mol.